The van der Waals surface area contributed by atoms with Crippen molar-refractivity contribution in [1.29, 1.82) is 0 Å². The lowest BCUT2D eigenvalue weighted by Gasteiger charge is -2.35. The maximum absolute atomic E-state index is 12.7. The Morgan fingerprint density at radius 1 is 1.26 bits per heavy atom. The lowest BCUT2D eigenvalue weighted by atomic mass is 9.90. The fourth-order valence-electron chi connectivity index (χ4n) is 5.20. The molecule has 186 valence electrons. The van der Waals surface area contributed by atoms with Crippen LogP contribution in [0.3, 0.4) is 0 Å². The first kappa shape index (κ1) is 24.2. The number of carbonyl (C=O) groups excluding carboxylic acids is 1. The predicted octanol–water partition coefficient (Wildman–Crippen LogP) is 5.11. The minimum Gasteiger partial charge on any atom is -0.379 e. The van der Waals surface area contributed by atoms with Crippen LogP contribution in [-0.4, -0.2) is 65.7 Å². The molecule has 4 heterocycles. The number of nitrogens with zero attached hydrogens (tertiary/aromatic N) is 3. The normalized spacial score (nSPS) is 20.6. The molecule has 0 radical (unpaired) electrons. The molecule has 7 heteroatoms. The van der Waals surface area contributed by atoms with Gasteiger partial charge in [0, 0.05) is 71.8 Å². The first-order valence-electron chi connectivity index (χ1n) is 12.9. The summed E-state index contributed by atoms with van der Waals surface area (Å²) in [6.07, 6.45) is 9.31. The van der Waals surface area contributed by atoms with Gasteiger partial charge in [-0.05, 0) is 56.0 Å². The van der Waals surface area contributed by atoms with Gasteiger partial charge in [0.2, 0.25) is 0 Å². The number of amides is 2. The van der Waals surface area contributed by atoms with E-state index < -0.39 is 0 Å². The summed E-state index contributed by atoms with van der Waals surface area (Å²) in [4.78, 5) is 24.6. The van der Waals surface area contributed by atoms with Gasteiger partial charge in [0.15, 0.2) is 0 Å². The van der Waals surface area contributed by atoms with E-state index >= 15 is 0 Å². The average Bonchev–Trinajstić information content (AvgIpc) is 3.50. The molecule has 0 bridgehead atoms. The summed E-state index contributed by atoms with van der Waals surface area (Å²) in [5, 5.41) is 3.06. The highest BCUT2D eigenvalue weighted by Crippen LogP contribution is 2.39. The molecule has 3 aliphatic rings. The number of aromatic nitrogens is 1. The van der Waals surface area contributed by atoms with Crippen LogP contribution in [0.1, 0.15) is 49.7 Å². The van der Waals surface area contributed by atoms with Crippen LogP contribution < -0.4 is 5.32 Å². The maximum Gasteiger partial charge on any atom is 0.318 e. The van der Waals surface area contributed by atoms with Crippen molar-refractivity contribution in [3.8, 4) is 10.4 Å². The number of urea groups is 1. The van der Waals surface area contributed by atoms with Crippen LogP contribution in [0, 0.1) is 0 Å². The molecule has 2 amide bonds. The third kappa shape index (κ3) is 5.37. The minimum atomic E-state index is 0.0393. The zero-order valence-corrected chi connectivity index (χ0v) is 21.9. The van der Waals surface area contributed by atoms with Gasteiger partial charge in [-0.3, -0.25) is 9.88 Å². The van der Waals surface area contributed by atoms with Crippen LogP contribution in [0.15, 0.2) is 42.1 Å². The van der Waals surface area contributed by atoms with Gasteiger partial charge in [-0.15, -0.1) is 11.3 Å². The van der Waals surface area contributed by atoms with Gasteiger partial charge in [-0.2, -0.15) is 0 Å². The molecule has 1 aliphatic carbocycles. The Hall–Kier alpha value is -2.48. The monoisotopic (exact) mass is 492 g/mol. The van der Waals surface area contributed by atoms with Gasteiger partial charge in [0.05, 0.1) is 18.9 Å². The Bertz CT molecular complexity index is 1130. The van der Waals surface area contributed by atoms with E-state index in [1.165, 1.54) is 32.0 Å². The number of allylic oxidation sites excluding steroid dienone is 2. The van der Waals surface area contributed by atoms with Crippen molar-refractivity contribution in [3.05, 3.63) is 58.3 Å². The number of morpholine rings is 1. The van der Waals surface area contributed by atoms with Crippen molar-refractivity contribution in [2.75, 3.05) is 32.8 Å². The van der Waals surface area contributed by atoms with Crippen molar-refractivity contribution in [3.63, 3.8) is 0 Å². The van der Waals surface area contributed by atoms with Gasteiger partial charge < -0.3 is 15.0 Å². The Balaban J connectivity index is 1.33. The number of hydrogen-bond donors (Lipinski definition) is 1. The van der Waals surface area contributed by atoms with Gasteiger partial charge in [0.25, 0.3) is 0 Å². The molecule has 2 aliphatic heterocycles. The van der Waals surface area contributed by atoms with Crippen LogP contribution >= 0.6 is 11.3 Å². The molecule has 1 saturated heterocycles. The predicted molar refractivity (Wildman–Crippen MR) is 142 cm³/mol. The number of ether oxygens (including phenoxy) is 1. The molecule has 0 saturated carbocycles. The summed E-state index contributed by atoms with van der Waals surface area (Å²) >= 11 is 1.87. The maximum atomic E-state index is 12.7. The largest absolute Gasteiger partial charge is 0.379 e. The zero-order chi connectivity index (χ0) is 24.4. The Morgan fingerprint density at radius 3 is 2.86 bits per heavy atom. The van der Waals surface area contributed by atoms with Gasteiger partial charge in [-0.25, -0.2) is 4.79 Å². The number of thiophene rings is 1. The summed E-state index contributed by atoms with van der Waals surface area (Å²) in [7, 11) is 0. The highest BCUT2D eigenvalue weighted by molar-refractivity contribution is 7.15. The Kier molecular flexibility index (Phi) is 7.37. The zero-order valence-electron chi connectivity index (χ0n) is 21.0. The molecule has 5 rings (SSSR count). The van der Waals surface area contributed by atoms with E-state index in [4.69, 9.17) is 9.72 Å². The summed E-state index contributed by atoms with van der Waals surface area (Å²) in [6, 6.07) is 7.22. The fraction of sp³-hybridized carbons (Fsp3) is 0.500. The molecule has 1 N–H and O–H groups in total. The fourth-order valence-corrected chi connectivity index (χ4v) is 6.23. The van der Waals surface area contributed by atoms with Crippen molar-refractivity contribution in [2.45, 2.75) is 58.7 Å². The van der Waals surface area contributed by atoms with Crippen molar-refractivity contribution in [2.24, 2.45) is 0 Å². The topological polar surface area (TPSA) is 57.7 Å². The summed E-state index contributed by atoms with van der Waals surface area (Å²) in [5.41, 5.74) is 6.26. The van der Waals surface area contributed by atoms with Crippen LogP contribution in [0.25, 0.3) is 16.0 Å². The summed E-state index contributed by atoms with van der Waals surface area (Å²) < 4.78 is 5.48. The molecule has 0 spiro atoms. The summed E-state index contributed by atoms with van der Waals surface area (Å²) in [5.74, 6) is 0. The van der Waals surface area contributed by atoms with Crippen molar-refractivity contribution >= 4 is 22.9 Å². The van der Waals surface area contributed by atoms with Crippen molar-refractivity contribution < 1.29 is 9.53 Å². The van der Waals surface area contributed by atoms with E-state index in [9.17, 15) is 4.79 Å². The summed E-state index contributed by atoms with van der Waals surface area (Å²) in [6.45, 7) is 11.5. The number of hydrogen-bond acceptors (Lipinski definition) is 5. The lowest BCUT2D eigenvalue weighted by Crippen LogP contribution is -2.49. The molecule has 6 nitrogen and oxygen atoms in total. The highest BCUT2D eigenvalue weighted by atomic mass is 32.1. The van der Waals surface area contributed by atoms with E-state index in [0.717, 1.165) is 57.8 Å². The molecule has 2 aromatic rings. The molecule has 35 heavy (non-hydrogen) atoms. The Labute approximate surface area is 212 Å². The van der Waals surface area contributed by atoms with Gasteiger partial charge >= 0.3 is 6.03 Å². The van der Waals surface area contributed by atoms with E-state index in [1.807, 2.05) is 36.3 Å². The number of carbonyl (C=O) groups is 1. The van der Waals surface area contributed by atoms with Crippen LogP contribution in [-0.2, 0) is 17.7 Å². The first-order valence-corrected chi connectivity index (χ1v) is 13.7. The number of fused-ring (bicyclic) bond motifs is 1. The standard InChI is InChI=1S/C28H36N4O2S/c1-4-22-15-20(9-10-32(22)28(33)30-19(2)3)24-6-7-26-25(24)16-21(17-29-26)27-8-5-23(35-27)18-31-11-13-34-14-12-31/h5-6,8-9,16-17,19,22H,4,7,10-15,18H2,1-3H3,(H,30,33). The second-order valence-corrected chi connectivity index (χ2v) is 11.1. The SMILES string of the molecule is CCC1CC(C2=CCc3ncc(-c4ccc(CN5CCOCC5)s4)cc32)=CCN1C(=O)NC(C)C. The Morgan fingerprint density at radius 2 is 2.09 bits per heavy atom. The first-order chi connectivity index (χ1) is 17.0. The van der Waals surface area contributed by atoms with Gasteiger partial charge in [-0.1, -0.05) is 19.1 Å². The smallest absolute Gasteiger partial charge is 0.318 e. The molecule has 1 fully saturated rings. The minimum absolute atomic E-state index is 0.0393. The highest BCUT2D eigenvalue weighted by Gasteiger charge is 2.29. The second-order valence-electron chi connectivity index (χ2n) is 9.95. The molecule has 0 aromatic carbocycles. The van der Waals surface area contributed by atoms with Crippen molar-refractivity contribution in [1.82, 2.24) is 20.1 Å². The molecule has 1 atom stereocenters. The van der Waals surface area contributed by atoms with E-state index in [0.29, 0.717) is 6.54 Å². The van der Waals surface area contributed by atoms with E-state index in [1.54, 1.807) is 0 Å². The molecule has 1 unspecified atom stereocenters. The second kappa shape index (κ2) is 10.6. The van der Waals surface area contributed by atoms with Gasteiger partial charge in [0.1, 0.15) is 0 Å². The third-order valence-electron chi connectivity index (χ3n) is 7.11. The quantitative estimate of drug-likeness (QED) is 0.609. The third-order valence-corrected chi connectivity index (χ3v) is 8.23. The van der Waals surface area contributed by atoms with E-state index in [2.05, 4.69) is 47.5 Å². The average molecular weight is 493 g/mol. The lowest BCUT2D eigenvalue weighted by molar-refractivity contribution is 0.0346. The number of nitrogens with one attached hydrogen (secondary N) is 1. The van der Waals surface area contributed by atoms with Crippen LogP contribution in [0.5, 0.6) is 0 Å². The van der Waals surface area contributed by atoms with Crippen LogP contribution in [0.4, 0.5) is 4.79 Å². The number of pyridine rings is 1. The molecular weight excluding hydrogens is 456 g/mol. The van der Waals surface area contributed by atoms with E-state index in [-0.39, 0.29) is 18.1 Å². The van der Waals surface area contributed by atoms with Crippen LogP contribution in [0.2, 0.25) is 0 Å². The number of rotatable bonds is 6. The molecule has 2 aromatic heterocycles. The molecular formula is C28H36N4O2S.